The molecule has 1 heterocycles. The van der Waals surface area contributed by atoms with Gasteiger partial charge < -0.3 is 5.11 Å². The second-order valence-corrected chi connectivity index (χ2v) is 5.27. The van der Waals surface area contributed by atoms with E-state index in [0.29, 0.717) is 13.1 Å². The molecule has 1 aromatic heterocycles. The molecule has 1 atom stereocenters. The molecule has 110 valence electrons. The second-order valence-electron chi connectivity index (χ2n) is 5.27. The van der Waals surface area contributed by atoms with Crippen molar-refractivity contribution in [2.24, 2.45) is 0 Å². The van der Waals surface area contributed by atoms with Gasteiger partial charge in [-0.25, -0.2) is 4.79 Å². The Kier molecular flexibility index (Phi) is 4.33. The first-order chi connectivity index (χ1) is 9.54. The van der Waals surface area contributed by atoms with E-state index in [9.17, 15) is 9.90 Å². The highest BCUT2D eigenvalue weighted by Gasteiger charge is 2.16. The summed E-state index contributed by atoms with van der Waals surface area (Å²) in [5.41, 5.74) is 3.91. The molecule has 1 N–H and O–H groups in total. The summed E-state index contributed by atoms with van der Waals surface area (Å²) >= 11 is 0. The fraction of sp³-hybridized carbons (Fsp3) is 0.562. The molecular formula is C16H24N2O2. The molecular weight excluding hydrogens is 252 g/mol. The van der Waals surface area contributed by atoms with Crippen molar-refractivity contribution in [1.29, 1.82) is 0 Å². The number of hydrogen-bond donors (Lipinski definition) is 1. The largest absolute Gasteiger partial charge is 0.388 e. The number of nitrogens with zero attached hydrogens (tertiary/aromatic N) is 2. The molecule has 20 heavy (non-hydrogen) atoms. The van der Waals surface area contributed by atoms with Crippen LogP contribution < -0.4 is 5.69 Å². The first-order valence-electron chi connectivity index (χ1n) is 7.46. The van der Waals surface area contributed by atoms with Crippen molar-refractivity contribution in [3.05, 3.63) is 33.7 Å². The quantitative estimate of drug-likeness (QED) is 0.912. The van der Waals surface area contributed by atoms with Gasteiger partial charge in [0.25, 0.3) is 0 Å². The van der Waals surface area contributed by atoms with Gasteiger partial charge in [-0.2, -0.15) is 0 Å². The summed E-state index contributed by atoms with van der Waals surface area (Å²) in [4.78, 5) is 12.3. The minimum atomic E-state index is -0.449. The number of imidazole rings is 1. The predicted octanol–water partition coefficient (Wildman–Crippen LogP) is 2.98. The molecule has 0 amide bonds. The zero-order valence-corrected chi connectivity index (χ0v) is 12.8. The zero-order chi connectivity index (χ0) is 14.9. The molecule has 4 heteroatoms. The topological polar surface area (TPSA) is 47.2 Å². The number of fused-ring (bicyclic) bond motifs is 1. The van der Waals surface area contributed by atoms with Gasteiger partial charge in [0, 0.05) is 13.1 Å². The molecule has 1 unspecified atom stereocenters. The Hall–Kier alpha value is -1.55. The number of aliphatic hydroxyl groups is 1. The highest BCUT2D eigenvalue weighted by atomic mass is 16.3. The van der Waals surface area contributed by atoms with Gasteiger partial charge in [0.15, 0.2) is 0 Å². The normalized spacial score (nSPS) is 13.1. The van der Waals surface area contributed by atoms with Gasteiger partial charge in [-0.1, -0.05) is 13.3 Å². The second kappa shape index (κ2) is 5.83. The van der Waals surface area contributed by atoms with Gasteiger partial charge in [0.1, 0.15) is 0 Å². The molecule has 4 nitrogen and oxygen atoms in total. The maximum absolute atomic E-state index is 12.3. The van der Waals surface area contributed by atoms with Gasteiger partial charge in [-0.15, -0.1) is 0 Å². The lowest BCUT2D eigenvalue weighted by molar-refractivity contribution is 0.166. The van der Waals surface area contributed by atoms with Crippen molar-refractivity contribution in [1.82, 2.24) is 9.13 Å². The monoisotopic (exact) mass is 276 g/mol. The predicted molar refractivity (Wildman–Crippen MR) is 82.2 cm³/mol. The number of rotatable bonds is 5. The highest BCUT2D eigenvalue weighted by Crippen LogP contribution is 2.26. The molecule has 0 spiro atoms. The van der Waals surface area contributed by atoms with Crippen molar-refractivity contribution in [2.75, 3.05) is 0 Å². The van der Waals surface area contributed by atoms with Crippen LogP contribution in [-0.4, -0.2) is 14.2 Å². The standard InChI is InChI=1S/C16H24N2O2/c1-5-8-15(19)12-10-14-13(9-11(12)4)17(6-2)16(20)18(14)7-3/h9-10,15,19H,5-8H2,1-4H3. The van der Waals surface area contributed by atoms with Crippen LogP contribution in [0.15, 0.2) is 16.9 Å². The van der Waals surface area contributed by atoms with Crippen LogP contribution in [0.3, 0.4) is 0 Å². The van der Waals surface area contributed by atoms with Gasteiger partial charge in [-0.05, 0) is 50.5 Å². The molecule has 1 aromatic carbocycles. The molecule has 2 aromatic rings. The van der Waals surface area contributed by atoms with Crippen LogP contribution in [0, 0.1) is 6.92 Å². The fourth-order valence-corrected chi connectivity index (χ4v) is 2.88. The number of aliphatic hydroxyl groups excluding tert-OH is 1. The molecule has 0 saturated heterocycles. The summed E-state index contributed by atoms with van der Waals surface area (Å²) in [5.74, 6) is 0. The van der Waals surface area contributed by atoms with E-state index in [4.69, 9.17) is 0 Å². The van der Waals surface area contributed by atoms with E-state index in [2.05, 4.69) is 6.92 Å². The van der Waals surface area contributed by atoms with Crippen LogP contribution in [0.5, 0.6) is 0 Å². The SMILES string of the molecule is CCCC(O)c1cc2c(cc1C)n(CC)c(=O)n2CC. The molecule has 0 saturated carbocycles. The third-order valence-corrected chi connectivity index (χ3v) is 3.96. The summed E-state index contributed by atoms with van der Waals surface area (Å²) in [6, 6.07) is 4.02. The van der Waals surface area contributed by atoms with Crippen LogP contribution in [0.1, 0.15) is 50.8 Å². The van der Waals surface area contributed by atoms with E-state index in [1.165, 1.54) is 0 Å². The average Bonchev–Trinajstić information content (AvgIpc) is 2.68. The van der Waals surface area contributed by atoms with Crippen LogP contribution in [0.25, 0.3) is 11.0 Å². The number of aromatic nitrogens is 2. The van der Waals surface area contributed by atoms with Crippen LogP contribution in [0.2, 0.25) is 0 Å². The smallest absolute Gasteiger partial charge is 0.329 e. The molecule has 0 aliphatic heterocycles. The van der Waals surface area contributed by atoms with Crippen LogP contribution in [0.4, 0.5) is 0 Å². The first kappa shape index (κ1) is 14.9. The molecule has 0 radical (unpaired) electrons. The van der Waals surface area contributed by atoms with E-state index < -0.39 is 6.10 Å². The molecule has 0 fully saturated rings. The third-order valence-electron chi connectivity index (χ3n) is 3.96. The van der Waals surface area contributed by atoms with E-state index >= 15 is 0 Å². The van der Waals surface area contributed by atoms with Crippen molar-refractivity contribution >= 4 is 11.0 Å². The summed E-state index contributed by atoms with van der Waals surface area (Å²) in [7, 11) is 0. The molecule has 0 aliphatic carbocycles. The Morgan fingerprint density at radius 1 is 1.10 bits per heavy atom. The zero-order valence-electron chi connectivity index (χ0n) is 12.8. The van der Waals surface area contributed by atoms with Gasteiger partial charge >= 0.3 is 5.69 Å². The lowest BCUT2D eigenvalue weighted by Gasteiger charge is -2.14. The van der Waals surface area contributed by atoms with Crippen LogP contribution >= 0.6 is 0 Å². The van der Waals surface area contributed by atoms with E-state index in [-0.39, 0.29) is 5.69 Å². The van der Waals surface area contributed by atoms with Gasteiger partial charge in [-0.3, -0.25) is 9.13 Å². The Morgan fingerprint density at radius 3 is 2.15 bits per heavy atom. The lowest BCUT2D eigenvalue weighted by Crippen LogP contribution is -2.23. The molecule has 0 bridgehead atoms. The average molecular weight is 276 g/mol. The summed E-state index contributed by atoms with van der Waals surface area (Å²) < 4.78 is 3.57. The summed E-state index contributed by atoms with van der Waals surface area (Å²) in [6.07, 6.45) is 1.24. The molecule has 0 aliphatic rings. The van der Waals surface area contributed by atoms with Gasteiger partial charge in [0.05, 0.1) is 17.1 Å². The first-order valence-corrected chi connectivity index (χ1v) is 7.46. The van der Waals surface area contributed by atoms with Crippen molar-refractivity contribution in [3.63, 3.8) is 0 Å². The van der Waals surface area contributed by atoms with E-state index in [1.54, 1.807) is 9.13 Å². The van der Waals surface area contributed by atoms with Crippen molar-refractivity contribution < 1.29 is 5.11 Å². The minimum Gasteiger partial charge on any atom is -0.388 e. The maximum atomic E-state index is 12.3. The van der Waals surface area contributed by atoms with Gasteiger partial charge in [0.2, 0.25) is 0 Å². The Bertz CT molecular complexity index is 667. The third kappa shape index (κ3) is 2.29. The van der Waals surface area contributed by atoms with E-state index in [0.717, 1.165) is 35.0 Å². The summed E-state index contributed by atoms with van der Waals surface area (Å²) in [5, 5.41) is 10.3. The van der Waals surface area contributed by atoms with Crippen molar-refractivity contribution in [2.45, 2.75) is 59.7 Å². The Labute approximate surface area is 119 Å². The number of hydrogen-bond acceptors (Lipinski definition) is 2. The Balaban J connectivity index is 2.72. The van der Waals surface area contributed by atoms with Crippen LogP contribution in [-0.2, 0) is 13.1 Å². The number of benzene rings is 1. The fourth-order valence-electron chi connectivity index (χ4n) is 2.88. The Morgan fingerprint density at radius 2 is 1.65 bits per heavy atom. The van der Waals surface area contributed by atoms with Crippen molar-refractivity contribution in [3.8, 4) is 0 Å². The van der Waals surface area contributed by atoms with E-state index in [1.807, 2.05) is 32.9 Å². The lowest BCUT2D eigenvalue weighted by atomic mass is 9.99. The molecule has 2 rings (SSSR count). The summed E-state index contributed by atoms with van der Waals surface area (Å²) in [6.45, 7) is 9.33. The highest BCUT2D eigenvalue weighted by molar-refractivity contribution is 5.78. The maximum Gasteiger partial charge on any atom is 0.329 e. The number of aryl methyl sites for hydroxylation is 3. The minimum absolute atomic E-state index is 0.0338.